The fourth-order valence-corrected chi connectivity index (χ4v) is 1.71. The summed E-state index contributed by atoms with van der Waals surface area (Å²) in [5.41, 5.74) is 7.86. The van der Waals surface area contributed by atoms with Gasteiger partial charge in [0, 0.05) is 6.04 Å². The van der Waals surface area contributed by atoms with Gasteiger partial charge in [-0.2, -0.15) is 0 Å². The molecule has 0 spiro atoms. The van der Waals surface area contributed by atoms with Crippen LogP contribution in [-0.2, 0) is 16.6 Å². The Kier molecular flexibility index (Phi) is 4.48. The van der Waals surface area contributed by atoms with E-state index in [-0.39, 0.29) is 5.41 Å². The summed E-state index contributed by atoms with van der Waals surface area (Å²) in [7, 11) is 0. The molecule has 0 radical (unpaired) electrons. The molecule has 18 heavy (non-hydrogen) atoms. The average Bonchev–Trinajstić information content (AvgIpc) is 2.27. The van der Waals surface area contributed by atoms with E-state index in [0.29, 0.717) is 6.42 Å². The van der Waals surface area contributed by atoms with Gasteiger partial charge in [0.1, 0.15) is 0 Å². The maximum absolute atomic E-state index is 10.6. The van der Waals surface area contributed by atoms with Crippen molar-refractivity contribution in [2.45, 2.75) is 44.8 Å². The average molecular weight is 251 g/mol. The first-order chi connectivity index (χ1) is 8.21. The molecule has 0 fully saturated rings. The normalized spacial score (nSPS) is 15.2. The Morgan fingerprint density at radius 3 is 2.17 bits per heavy atom. The number of nitrogens with two attached hydrogens (primary N) is 1. The third-order valence-corrected chi connectivity index (χ3v) is 2.95. The van der Waals surface area contributed by atoms with E-state index in [4.69, 9.17) is 10.8 Å². The third-order valence-electron chi connectivity index (χ3n) is 2.95. The van der Waals surface area contributed by atoms with Crippen LogP contribution in [0.4, 0.5) is 0 Å². The summed E-state index contributed by atoms with van der Waals surface area (Å²) < 4.78 is 0. The highest BCUT2D eigenvalue weighted by molar-refractivity contribution is 5.72. The molecule has 0 aromatic heterocycles. The summed E-state index contributed by atoms with van der Waals surface area (Å²) in [5, 5.41) is 18.0. The van der Waals surface area contributed by atoms with Crippen molar-refractivity contribution in [1.82, 2.24) is 0 Å². The van der Waals surface area contributed by atoms with Gasteiger partial charge in [0.25, 0.3) is 0 Å². The van der Waals surface area contributed by atoms with Crippen LogP contribution < -0.4 is 5.73 Å². The van der Waals surface area contributed by atoms with Crippen molar-refractivity contribution < 1.29 is 15.0 Å². The van der Waals surface area contributed by atoms with E-state index in [1.165, 1.54) is 5.56 Å². The number of aliphatic carboxylic acids is 1. The lowest BCUT2D eigenvalue weighted by atomic mass is 9.86. The minimum atomic E-state index is -1.52. The standard InChI is InChI=1S/C14H21NO3/c1-14(2,3)10-6-4-9(5-7-10)8-11(15)12(16)13(17)18/h4-7,11-12,16H,8,15H2,1-3H3,(H,17,18). The molecule has 0 heterocycles. The number of aliphatic hydroxyl groups is 1. The molecule has 0 aliphatic rings. The summed E-state index contributed by atoms with van der Waals surface area (Å²) in [4.78, 5) is 10.6. The zero-order valence-electron chi connectivity index (χ0n) is 11.1. The summed E-state index contributed by atoms with van der Waals surface area (Å²) in [6, 6.07) is 7.08. The van der Waals surface area contributed by atoms with Crippen molar-refractivity contribution in [3.8, 4) is 0 Å². The molecule has 1 aromatic carbocycles. The number of benzene rings is 1. The van der Waals surface area contributed by atoms with Crippen LogP contribution in [0.25, 0.3) is 0 Å². The van der Waals surface area contributed by atoms with Gasteiger partial charge in [-0.25, -0.2) is 4.79 Å². The molecule has 0 aliphatic carbocycles. The SMILES string of the molecule is CC(C)(C)c1ccc(CC(N)C(O)C(=O)O)cc1. The van der Waals surface area contributed by atoms with E-state index >= 15 is 0 Å². The number of hydrogen-bond donors (Lipinski definition) is 3. The molecule has 1 aromatic rings. The molecule has 0 bridgehead atoms. The number of carbonyl (C=O) groups is 1. The highest BCUT2D eigenvalue weighted by Gasteiger charge is 2.22. The topological polar surface area (TPSA) is 83.5 Å². The van der Waals surface area contributed by atoms with Crippen molar-refractivity contribution in [2.24, 2.45) is 5.73 Å². The lowest BCUT2D eigenvalue weighted by Gasteiger charge is -2.20. The van der Waals surface area contributed by atoms with Gasteiger partial charge in [-0.15, -0.1) is 0 Å². The van der Waals surface area contributed by atoms with Crippen LogP contribution in [0, 0.1) is 0 Å². The summed E-state index contributed by atoms with van der Waals surface area (Å²) in [6.07, 6.45) is -1.18. The lowest BCUT2D eigenvalue weighted by molar-refractivity contribution is -0.147. The molecule has 1 rings (SSSR count). The number of carboxylic acids is 1. The molecule has 4 N–H and O–H groups in total. The molecule has 0 saturated carbocycles. The monoisotopic (exact) mass is 251 g/mol. The first-order valence-electron chi connectivity index (χ1n) is 5.97. The van der Waals surface area contributed by atoms with Crippen LogP contribution in [0.3, 0.4) is 0 Å². The Morgan fingerprint density at radius 1 is 1.28 bits per heavy atom. The van der Waals surface area contributed by atoms with Gasteiger partial charge < -0.3 is 15.9 Å². The minimum absolute atomic E-state index is 0.0845. The first kappa shape index (κ1) is 14.7. The second-order valence-corrected chi connectivity index (χ2v) is 5.60. The predicted molar refractivity (Wildman–Crippen MR) is 70.5 cm³/mol. The maximum Gasteiger partial charge on any atom is 0.334 e. The van der Waals surface area contributed by atoms with Gasteiger partial charge in [-0.05, 0) is 23.0 Å². The van der Waals surface area contributed by atoms with E-state index in [0.717, 1.165) is 5.56 Å². The second kappa shape index (κ2) is 5.50. The Labute approximate surface area is 107 Å². The fourth-order valence-electron chi connectivity index (χ4n) is 1.71. The van der Waals surface area contributed by atoms with E-state index in [2.05, 4.69) is 20.8 Å². The number of aliphatic hydroxyl groups excluding tert-OH is 1. The highest BCUT2D eigenvalue weighted by atomic mass is 16.4. The van der Waals surface area contributed by atoms with Gasteiger partial charge in [0.15, 0.2) is 6.10 Å². The minimum Gasteiger partial charge on any atom is -0.479 e. The van der Waals surface area contributed by atoms with Crippen molar-refractivity contribution in [3.63, 3.8) is 0 Å². The van der Waals surface area contributed by atoms with Gasteiger partial charge in [-0.1, -0.05) is 45.0 Å². The third kappa shape index (κ3) is 3.82. The number of hydrogen-bond acceptors (Lipinski definition) is 3. The van der Waals surface area contributed by atoms with Gasteiger partial charge in [-0.3, -0.25) is 0 Å². The Morgan fingerprint density at radius 2 is 1.78 bits per heavy atom. The Balaban J connectivity index is 2.73. The van der Waals surface area contributed by atoms with Crippen molar-refractivity contribution in [2.75, 3.05) is 0 Å². The quantitative estimate of drug-likeness (QED) is 0.753. The number of rotatable bonds is 4. The van der Waals surface area contributed by atoms with Crippen LogP contribution in [0.15, 0.2) is 24.3 Å². The highest BCUT2D eigenvalue weighted by Crippen LogP contribution is 2.22. The van der Waals surface area contributed by atoms with Crippen LogP contribution >= 0.6 is 0 Å². The maximum atomic E-state index is 10.6. The smallest absolute Gasteiger partial charge is 0.334 e. The van der Waals surface area contributed by atoms with E-state index < -0.39 is 18.1 Å². The fraction of sp³-hybridized carbons (Fsp3) is 0.500. The van der Waals surface area contributed by atoms with Gasteiger partial charge in [0.05, 0.1) is 0 Å². The molecular formula is C14H21NO3. The second-order valence-electron chi connectivity index (χ2n) is 5.60. The molecule has 0 aliphatic heterocycles. The van der Waals surface area contributed by atoms with E-state index in [9.17, 15) is 9.90 Å². The molecule has 100 valence electrons. The Hall–Kier alpha value is -1.39. The molecule has 2 atom stereocenters. The van der Waals surface area contributed by atoms with Crippen molar-refractivity contribution >= 4 is 5.97 Å². The van der Waals surface area contributed by atoms with Crippen LogP contribution in [-0.4, -0.2) is 28.3 Å². The van der Waals surface area contributed by atoms with E-state index in [1.807, 2.05) is 24.3 Å². The molecule has 0 amide bonds. The van der Waals surface area contributed by atoms with E-state index in [1.54, 1.807) is 0 Å². The molecule has 4 heteroatoms. The van der Waals surface area contributed by atoms with Crippen LogP contribution in [0.5, 0.6) is 0 Å². The molecule has 4 nitrogen and oxygen atoms in total. The predicted octanol–water partition coefficient (Wildman–Crippen LogP) is 1.30. The summed E-state index contributed by atoms with van der Waals surface area (Å²) in [5.74, 6) is -1.28. The largest absolute Gasteiger partial charge is 0.479 e. The van der Waals surface area contributed by atoms with Crippen molar-refractivity contribution in [1.29, 1.82) is 0 Å². The summed E-state index contributed by atoms with van der Waals surface area (Å²) >= 11 is 0. The van der Waals surface area contributed by atoms with Gasteiger partial charge in [0.2, 0.25) is 0 Å². The summed E-state index contributed by atoms with van der Waals surface area (Å²) in [6.45, 7) is 6.38. The zero-order chi connectivity index (χ0) is 13.9. The molecule has 2 unspecified atom stereocenters. The zero-order valence-corrected chi connectivity index (χ0v) is 11.1. The van der Waals surface area contributed by atoms with Crippen LogP contribution in [0.1, 0.15) is 31.9 Å². The van der Waals surface area contributed by atoms with Crippen LogP contribution in [0.2, 0.25) is 0 Å². The molecule has 0 saturated heterocycles. The first-order valence-corrected chi connectivity index (χ1v) is 5.97. The van der Waals surface area contributed by atoms with Crippen molar-refractivity contribution in [3.05, 3.63) is 35.4 Å². The lowest BCUT2D eigenvalue weighted by Crippen LogP contribution is -2.41. The number of carboxylic acid groups (broad SMARTS) is 1. The molecular weight excluding hydrogens is 230 g/mol. The van der Waals surface area contributed by atoms with Gasteiger partial charge >= 0.3 is 5.97 Å². The Bertz CT molecular complexity index is 406.